The summed E-state index contributed by atoms with van der Waals surface area (Å²) in [7, 11) is 1.58. The number of nitrogens with zero attached hydrogens (tertiary/aromatic N) is 1. The highest BCUT2D eigenvalue weighted by Crippen LogP contribution is 2.41. The highest BCUT2D eigenvalue weighted by atomic mass is 35.5. The van der Waals surface area contributed by atoms with Crippen molar-refractivity contribution in [2.24, 2.45) is 0 Å². The van der Waals surface area contributed by atoms with Crippen molar-refractivity contribution >= 4 is 29.2 Å². The van der Waals surface area contributed by atoms with Gasteiger partial charge in [-0.25, -0.2) is 0 Å². The number of anilines is 1. The van der Waals surface area contributed by atoms with Gasteiger partial charge in [0.1, 0.15) is 11.8 Å². The minimum Gasteiger partial charge on any atom is -0.497 e. The maximum Gasteiger partial charge on any atom is 0.303 e. The Bertz CT molecular complexity index is 775. The van der Waals surface area contributed by atoms with E-state index in [4.69, 9.17) is 21.1 Å². The van der Waals surface area contributed by atoms with Crippen LogP contribution in [0.5, 0.6) is 5.75 Å². The van der Waals surface area contributed by atoms with E-state index in [2.05, 4.69) is 0 Å². The van der Waals surface area contributed by atoms with Crippen LogP contribution in [0.15, 0.2) is 48.5 Å². The van der Waals surface area contributed by atoms with Gasteiger partial charge in [-0.3, -0.25) is 14.5 Å². The van der Waals surface area contributed by atoms with Crippen molar-refractivity contribution in [3.05, 3.63) is 59.1 Å². The number of carbonyl (C=O) groups is 2. The Hall–Kier alpha value is -2.53. The minimum absolute atomic E-state index is 0.264. The number of benzene rings is 2. The molecule has 0 saturated carbocycles. The molecule has 1 saturated heterocycles. The molecular weight excluding hydrogens is 330 g/mol. The van der Waals surface area contributed by atoms with Crippen molar-refractivity contribution in [2.45, 2.75) is 19.1 Å². The van der Waals surface area contributed by atoms with Gasteiger partial charge in [-0.05, 0) is 42.0 Å². The molecule has 5 nitrogen and oxygen atoms in total. The quantitative estimate of drug-likeness (QED) is 0.629. The molecule has 1 aliphatic heterocycles. The van der Waals surface area contributed by atoms with E-state index in [0.29, 0.717) is 16.5 Å². The lowest BCUT2D eigenvalue weighted by Crippen LogP contribution is -2.60. The fraction of sp³-hybridized carbons (Fsp3) is 0.222. The lowest BCUT2D eigenvalue weighted by atomic mass is 9.89. The highest BCUT2D eigenvalue weighted by molar-refractivity contribution is 6.30. The third-order valence-electron chi connectivity index (χ3n) is 3.88. The van der Waals surface area contributed by atoms with E-state index in [9.17, 15) is 9.59 Å². The summed E-state index contributed by atoms with van der Waals surface area (Å²) in [4.78, 5) is 25.4. The zero-order chi connectivity index (χ0) is 17.3. The van der Waals surface area contributed by atoms with Crippen LogP contribution in [0.4, 0.5) is 5.69 Å². The Labute approximate surface area is 144 Å². The van der Waals surface area contributed by atoms with Crippen molar-refractivity contribution in [3.8, 4) is 5.75 Å². The molecule has 24 heavy (non-hydrogen) atoms. The Balaban J connectivity index is 1.96. The van der Waals surface area contributed by atoms with Crippen LogP contribution in [0.25, 0.3) is 0 Å². The van der Waals surface area contributed by atoms with Crippen molar-refractivity contribution in [2.75, 3.05) is 12.0 Å². The zero-order valence-corrected chi connectivity index (χ0v) is 14.0. The number of halogens is 1. The van der Waals surface area contributed by atoms with Gasteiger partial charge in [-0.2, -0.15) is 0 Å². The second-order valence-corrected chi connectivity index (χ2v) is 5.87. The number of carbonyl (C=O) groups excluding carboxylic acids is 2. The van der Waals surface area contributed by atoms with Crippen molar-refractivity contribution in [1.29, 1.82) is 0 Å². The van der Waals surface area contributed by atoms with Crippen LogP contribution in [-0.2, 0) is 14.3 Å². The first-order valence-electron chi connectivity index (χ1n) is 7.41. The predicted molar refractivity (Wildman–Crippen MR) is 90.2 cm³/mol. The van der Waals surface area contributed by atoms with E-state index < -0.39 is 18.1 Å². The van der Waals surface area contributed by atoms with Crippen molar-refractivity contribution in [1.82, 2.24) is 0 Å². The topological polar surface area (TPSA) is 55.8 Å². The minimum atomic E-state index is -0.844. The molecule has 0 spiro atoms. The van der Waals surface area contributed by atoms with Gasteiger partial charge in [-0.1, -0.05) is 23.7 Å². The van der Waals surface area contributed by atoms with Gasteiger partial charge in [0.05, 0.1) is 7.11 Å². The van der Waals surface area contributed by atoms with E-state index >= 15 is 0 Å². The number of amides is 1. The van der Waals surface area contributed by atoms with Crippen LogP contribution in [0.1, 0.15) is 18.5 Å². The molecule has 2 aromatic carbocycles. The molecule has 0 N–H and O–H groups in total. The van der Waals surface area contributed by atoms with Gasteiger partial charge in [-0.15, -0.1) is 0 Å². The predicted octanol–water partition coefficient (Wildman–Crippen LogP) is 3.37. The van der Waals surface area contributed by atoms with Crippen molar-refractivity contribution in [3.63, 3.8) is 0 Å². The molecule has 2 atom stereocenters. The van der Waals surface area contributed by atoms with E-state index in [-0.39, 0.29) is 5.91 Å². The first kappa shape index (κ1) is 16.3. The highest BCUT2D eigenvalue weighted by Gasteiger charge is 2.51. The molecular formula is C18H16ClNO4. The number of esters is 1. The fourth-order valence-electron chi connectivity index (χ4n) is 2.80. The van der Waals surface area contributed by atoms with Gasteiger partial charge in [0.15, 0.2) is 0 Å². The summed E-state index contributed by atoms with van der Waals surface area (Å²) in [5, 5.41) is 0.558. The smallest absolute Gasteiger partial charge is 0.303 e. The van der Waals surface area contributed by atoms with E-state index in [1.165, 1.54) is 6.92 Å². The Morgan fingerprint density at radius 2 is 1.88 bits per heavy atom. The second kappa shape index (κ2) is 6.53. The van der Waals surface area contributed by atoms with Crippen LogP contribution in [0, 0.1) is 0 Å². The van der Waals surface area contributed by atoms with E-state index in [1.54, 1.807) is 54.5 Å². The summed E-state index contributed by atoms with van der Waals surface area (Å²) in [6.45, 7) is 1.29. The molecule has 1 amide bonds. The Morgan fingerprint density at radius 3 is 2.46 bits per heavy atom. The molecule has 6 heteroatoms. The standard InChI is InChI=1S/C18H16ClNO4/c1-11(21)24-17-16(12-4-3-5-13(19)10-12)20(18(17)22)14-6-8-15(23-2)9-7-14/h3-10,16-17H,1-2H3/t16-,17+/m1/s1. The van der Waals surface area contributed by atoms with Crippen molar-refractivity contribution < 1.29 is 19.1 Å². The Kier molecular flexibility index (Phi) is 4.44. The average molecular weight is 346 g/mol. The number of hydrogen-bond acceptors (Lipinski definition) is 4. The summed E-state index contributed by atoms with van der Waals surface area (Å²) in [5.74, 6) is -0.0577. The molecule has 1 aliphatic rings. The first-order valence-corrected chi connectivity index (χ1v) is 7.79. The molecule has 1 heterocycles. The Morgan fingerprint density at radius 1 is 1.17 bits per heavy atom. The number of hydrogen-bond donors (Lipinski definition) is 0. The number of β-lactam (4-membered cyclic amide) rings is 1. The number of rotatable bonds is 4. The molecule has 3 rings (SSSR count). The average Bonchev–Trinajstić information content (AvgIpc) is 2.57. The second-order valence-electron chi connectivity index (χ2n) is 5.44. The third-order valence-corrected chi connectivity index (χ3v) is 4.11. The lowest BCUT2D eigenvalue weighted by Gasteiger charge is -2.46. The summed E-state index contributed by atoms with van der Waals surface area (Å²) in [5.41, 5.74) is 1.51. The number of ether oxygens (including phenoxy) is 2. The molecule has 0 aromatic heterocycles. The normalized spacial score (nSPS) is 19.6. The van der Waals surface area contributed by atoms with Crippen LogP contribution < -0.4 is 9.64 Å². The van der Waals surface area contributed by atoms with Gasteiger partial charge < -0.3 is 9.47 Å². The van der Waals surface area contributed by atoms with Crippen LogP contribution in [0.2, 0.25) is 5.02 Å². The SMILES string of the molecule is COc1ccc(N2C(=O)[C@@H](OC(C)=O)[C@H]2c2cccc(Cl)c2)cc1. The summed E-state index contributed by atoms with van der Waals surface area (Å²) < 4.78 is 10.3. The van der Waals surface area contributed by atoms with Crippen LogP contribution >= 0.6 is 11.6 Å². The molecule has 0 aliphatic carbocycles. The van der Waals surface area contributed by atoms with E-state index in [0.717, 1.165) is 5.56 Å². The molecule has 0 radical (unpaired) electrons. The first-order chi connectivity index (χ1) is 11.5. The maximum atomic E-state index is 12.5. The monoisotopic (exact) mass is 345 g/mol. The molecule has 0 bridgehead atoms. The summed E-state index contributed by atoms with van der Waals surface area (Å²) >= 11 is 6.07. The summed E-state index contributed by atoms with van der Waals surface area (Å²) in [6.07, 6.45) is -0.844. The van der Waals surface area contributed by atoms with Gasteiger partial charge in [0.25, 0.3) is 5.91 Å². The zero-order valence-electron chi connectivity index (χ0n) is 13.2. The molecule has 124 valence electrons. The number of methoxy groups -OCH3 is 1. The van der Waals surface area contributed by atoms with Gasteiger partial charge >= 0.3 is 5.97 Å². The van der Waals surface area contributed by atoms with Crippen LogP contribution in [0.3, 0.4) is 0 Å². The summed E-state index contributed by atoms with van der Waals surface area (Å²) in [6, 6.07) is 13.9. The fourth-order valence-corrected chi connectivity index (χ4v) is 3.00. The largest absolute Gasteiger partial charge is 0.497 e. The molecule has 0 unspecified atom stereocenters. The molecule has 2 aromatic rings. The van der Waals surface area contributed by atoms with Gasteiger partial charge in [0.2, 0.25) is 6.10 Å². The maximum absolute atomic E-state index is 12.5. The van der Waals surface area contributed by atoms with Gasteiger partial charge in [0, 0.05) is 17.6 Å². The molecule has 1 fully saturated rings. The van der Waals surface area contributed by atoms with E-state index in [1.807, 2.05) is 6.07 Å². The van der Waals surface area contributed by atoms with Crippen LogP contribution in [-0.4, -0.2) is 25.1 Å². The third kappa shape index (κ3) is 2.95. The lowest BCUT2D eigenvalue weighted by molar-refractivity contribution is -0.160.